The molecule has 1 heterocycles. The SMILES string of the molecule is NC(CNC1CCCNC1=O)C(=O)O. The highest BCUT2D eigenvalue weighted by atomic mass is 16.4. The summed E-state index contributed by atoms with van der Waals surface area (Å²) in [5.41, 5.74) is 5.29. The Labute approximate surface area is 81.8 Å². The lowest BCUT2D eigenvalue weighted by Crippen LogP contribution is -2.52. The summed E-state index contributed by atoms with van der Waals surface area (Å²) in [4.78, 5) is 21.6. The summed E-state index contributed by atoms with van der Waals surface area (Å²) in [7, 11) is 0. The van der Waals surface area contributed by atoms with Gasteiger partial charge >= 0.3 is 5.97 Å². The van der Waals surface area contributed by atoms with Gasteiger partial charge in [0, 0.05) is 13.1 Å². The first-order valence-corrected chi connectivity index (χ1v) is 4.60. The van der Waals surface area contributed by atoms with E-state index in [1.165, 1.54) is 0 Å². The molecule has 0 radical (unpaired) electrons. The lowest BCUT2D eigenvalue weighted by molar-refractivity contribution is -0.138. The zero-order chi connectivity index (χ0) is 10.6. The fourth-order valence-corrected chi connectivity index (χ4v) is 1.32. The van der Waals surface area contributed by atoms with Crippen LogP contribution in [0.3, 0.4) is 0 Å². The molecule has 2 atom stereocenters. The van der Waals surface area contributed by atoms with Crippen LogP contribution in [0, 0.1) is 0 Å². The molecular formula is C8H15N3O3. The van der Waals surface area contributed by atoms with Crippen LogP contribution in [0.15, 0.2) is 0 Å². The second-order valence-corrected chi connectivity index (χ2v) is 3.34. The van der Waals surface area contributed by atoms with E-state index in [1.807, 2.05) is 0 Å². The normalized spacial score (nSPS) is 24.1. The fourth-order valence-electron chi connectivity index (χ4n) is 1.32. The van der Waals surface area contributed by atoms with Gasteiger partial charge in [-0.05, 0) is 12.8 Å². The molecule has 14 heavy (non-hydrogen) atoms. The molecule has 0 aliphatic carbocycles. The average molecular weight is 201 g/mol. The van der Waals surface area contributed by atoms with Gasteiger partial charge in [0.2, 0.25) is 5.91 Å². The fraction of sp³-hybridized carbons (Fsp3) is 0.750. The zero-order valence-corrected chi connectivity index (χ0v) is 7.82. The van der Waals surface area contributed by atoms with Crippen LogP contribution >= 0.6 is 0 Å². The molecule has 2 unspecified atom stereocenters. The molecule has 0 bridgehead atoms. The van der Waals surface area contributed by atoms with E-state index in [0.29, 0.717) is 6.54 Å². The van der Waals surface area contributed by atoms with E-state index >= 15 is 0 Å². The molecule has 5 N–H and O–H groups in total. The van der Waals surface area contributed by atoms with Crippen LogP contribution < -0.4 is 16.4 Å². The van der Waals surface area contributed by atoms with E-state index in [-0.39, 0.29) is 18.5 Å². The minimum atomic E-state index is -1.06. The second-order valence-electron chi connectivity index (χ2n) is 3.34. The Balaban J connectivity index is 2.29. The van der Waals surface area contributed by atoms with Crippen molar-refractivity contribution >= 4 is 11.9 Å². The van der Waals surface area contributed by atoms with Crippen LogP contribution in [0.25, 0.3) is 0 Å². The van der Waals surface area contributed by atoms with Crippen molar-refractivity contribution in [3.63, 3.8) is 0 Å². The Kier molecular flexibility index (Phi) is 3.84. The Bertz CT molecular complexity index is 232. The van der Waals surface area contributed by atoms with E-state index in [9.17, 15) is 9.59 Å². The molecule has 80 valence electrons. The van der Waals surface area contributed by atoms with Gasteiger partial charge in [0.25, 0.3) is 0 Å². The van der Waals surface area contributed by atoms with Crippen molar-refractivity contribution in [3.05, 3.63) is 0 Å². The number of rotatable bonds is 4. The molecule has 0 saturated carbocycles. The Morgan fingerprint density at radius 3 is 3.07 bits per heavy atom. The van der Waals surface area contributed by atoms with Crippen LogP contribution in [-0.2, 0) is 9.59 Å². The van der Waals surface area contributed by atoms with Gasteiger partial charge in [-0.25, -0.2) is 0 Å². The van der Waals surface area contributed by atoms with E-state index in [2.05, 4.69) is 10.6 Å². The van der Waals surface area contributed by atoms with Gasteiger partial charge in [0.05, 0.1) is 6.04 Å². The van der Waals surface area contributed by atoms with Crippen molar-refractivity contribution in [2.45, 2.75) is 24.9 Å². The molecule has 1 fully saturated rings. The van der Waals surface area contributed by atoms with E-state index in [1.54, 1.807) is 0 Å². The predicted molar refractivity (Wildman–Crippen MR) is 49.6 cm³/mol. The van der Waals surface area contributed by atoms with Crippen LogP contribution in [0.1, 0.15) is 12.8 Å². The number of hydrogen-bond donors (Lipinski definition) is 4. The Morgan fingerprint density at radius 2 is 2.50 bits per heavy atom. The first-order chi connectivity index (χ1) is 6.61. The van der Waals surface area contributed by atoms with Crippen molar-refractivity contribution in [1.82, 2.24) is 10.6 Å². The number of hydrogen-bond acceptors (Lipinski definition) is 4. The lowest BCUT2D eigenvalue weighted by Gasteiger charge is -2.23. The highest BCUT2D eigenvalue weighted by Crippen LogP contribution is 2.02. The summed E-state index contributed by atoms with van der Waals surface area (Å²) in [6.07, 6.45) is 1.64. The number of aliphatic carboxylic acids is 1. The molecule has 0 aromatic carbocycles. The maximum absolute atomic E-state index is 11.2. The van der Waals surface area contributed by atoms with E-state index < -0.39 is 12.0 Å². The van der Waals surface area contributed by atoms with Gasteiger partial charge in [-0.1, -0.05) is 0 Å². The highest BCUT2D eigenvalue weighted by Gasteiger charge is 2.22. The topological polar surface area (TPSA) is 104 Å². The van der Waals surface area contributed by atoms with Crippen LogP contribution in [0.2, 0.25) is 0 Å². The second kappa shape index (κ2) is 4.92. The summed E-state index contributed by atoms with van der Waals surface area (Å²) < 4.78 is 0. The first-order valence-electron chi connectivity index (χ1n) is 4.60. The van der Waals surface area contributed by atoms with Gasteiger partial charge in [-0.3, -0.25) is 9.59 Å². The smallest absolute Gasteiger partial charge is 0.321 e. The number of nitrogens with one attached hydrogen (secondary N) is 2. The summed E-state index contributed by atoms with van der Waals surface area (Å²) in [6, 6.07) is -1.25. The third-order valence-corrected chi connectivity index (χ3v) is 2.19. The molecule has 0 spiro atoms. The minimum Gasteiger partial charge on any atom is -0.480 e. The van der Waals surface area contributed by atoms with Crippen molar-refractivity contribution < 1.29 is 14.7 Å². The molecule has 0 aromatic heterocycles. The van der Waals surface area contributed by atoms with Crippen LogP contribution in [0.4, 0.5) is 0 Å². The molecule has 1 aliphatic rings. The van der Waals surface area contributed by atoms with E-state index in [0.717, 1.165) is 12.8 Å². The maximum Gasteiger partial charge on any atom is 0.321 e. The number of carboxylic acids is 1. The summed E-state index contributed by atoms with van der Waals surface area (Å²) in [5.74, 6) is -1.14. The van der Waals surface area contributed by atoms with Crippen molar-refractivity contribution in [2.24, 2.45) is 5.73 Å². The quantitative estimate of drug-likeness (QED) is 0.432. The average Bonchev–Trinajstić information content (AvgIpc) is 2.16. The monoisotopic (exact) mass is 201 g/mol. The molecule has 6 nitrogen and oxygen atoms in total. The number of carboxylic acid groups (broad SMARTS) is 1. The number of nitrogens with two attached hydrogens (primary N) is 1. The van der Waals surface area contributed by atoms with Crippen molar-refractivity contribution in [2.75, 3.05) is 13.1 Å². The van der Waals surface area contributed by atoms with Gasteiger partial charge < -0.3 is 21.5 Å². The Hall–Kier alpha value is -1.14. The molecular weight excluding hydrogens is 186 g/mol. The third kappa shape index (κ3) is 2.97. The summed E-state index contributed by atoms with van der Waals surface area (Å²) >= 11 is 0. The van der Waals surface area contributed by atoms with Gasteiger partial charge in [-0.15, -0.1) is 0 Å². The van der Waals surface area contributed by atoms with Crippen molar-refractivity contribution in [1.29, 1.82) is 0 Å². The maximum atomic E-state index is 11.2. The Morgan fingerprint density at radius 1 is 1.79 bits per heavy atom. The third-order valence-electron chi connectivity index (χ3n) is 2.19. The van der Waals surface area contributed by atoms with Gasteiger partial charge in [0.1, 0.15) is 6.04 Å². The summed E-state index contributed by atoms with van der Waals surface area (Å²) in [6.45, 7) is 0.815. The van der Waals surface area contributed by atoms with E-state index in [4.69, 9.17) is 10.8 Å². The highest BCUT2D eigenvalue weighted by molar-refractivity contribution is 5.82. The molecule has 1 saturated heterocycles. The number of amides is 1. The molecule has 0 aromatic rings. The lowest BCUT2D eigenvalue weighted by atomic mass is 10.1. The largest absolute Gasteiger partial charge is 0.480 e. The van der Waals surface area contributed by atoms with Crippen LogP contribution in [-0.4, -0.2) is 42.2 Å². The minimum absolute atomic E-state index is 0.0751. The molecule has 1 aliphatic heterocycles. The number of piperidine rings is 1. The van der Waals surface area contributed by atoms with Gasteiger partial charge in [0.15, 0.2) is 0 Å². The standard InChI is InChI=1S/C8H15N3O3/c9-5(8(13)14)4-11-6-2-1-3-10-7(6)12/h5-6,11H,1-4,9H2,(H,10,12)(H,13,14). The van der Waals surface area contributed by atoms with Gasteiger partial charge in [-0.2, -0.15) is 0 Å². The first kappa shape index (κ1) is 10.9. The zero-order valence-electron chi connectivity index (χ0n) is 7.82. The number of carbonyl (C=O) groups excluding carboxylic acids is 1. The molecule has 6 heteroatoms. The molecule has 1 amide bonds. The number of carbonyl (C=O) groups is 2. The van der Waals surface area contributed by atoms with Crippen molar-refractivity contribution in [3.8, 4) is 0 Å². The molecule has 1 rings (SSSR count). The van der Waals surface area contributed by atoms with Crippen LogP contribution in [0.5, 0.6) is 0 Å². The predicted octanol–water partition coefficient (Wildman–Crippen LogP) is -1.73. The summed E-state index contributed by atoms with van der Waals surface area (Å²) in [5, 5.41) is 14.0.